The highest BCUT2D eigenvalue weighted by molar-refractivity contribution is 7.91. The highest BCUT2D eigenvalue weighted by Gasteiger charge is 2.22. The van der Waals surface area contributed by atoms with Gasteiger partial charge in [0.2, 0.25) is 9.84 Å². The summed E-state index contributed by atoms with van der Waals surface area (Å²) in [5.41, 5.74) is 2.03. The molecule has 0 aliphatic heterocycles. The first-order valence-corrected chi connectivity index (χ1v) is 10.2. The van der Waals surface area contributed by atoms with E-state index in [9.17, 15) is 8.42 Å². The van der Waals surface area contributed by atoms with Crippen LogP contribution in [0.4, 0.5) is 11.4 Å². The monoisotopic (exact) mass is 378 g/mol. The van der Waals surface area contributed by atoms with E-state index in [2.05, 4.69) is 31.0 Å². The van der Waals surface area contributed by atoms with Crippen molar-refractivity contribution in [3.8, 4) is 0 Å². The maximum absolute atomic E-state index is 13.1. The first-order valence-electron chi connectivity index (χ1n) is 8.70. The number of rotatable bonds is 4. The van der Waals surface area contributed by atoms with Gasteiger partial charge in [-0.1, -0.05) is 63.2 Å². The Balaban J connectivity index is 1.99. The number of hydrogen-bond acceptors (Lipinski definition) is 4. The third-order valence-electron chi connectivity index (χ3n) is 4.21. The fourth-order valence-electron chi connectivity index (χ4n) is 2.63. The minimum Gasteiger partial charge on any atom is -0.218 e. The lowest BCUT2D eigenvalue weighted by molar-refractivity contribution is 0.586. The second-order valence-electron chi connectivity index (χ2n) is 7.28. The van der Waals surface area contributed by atoms with Crippen molar-refractivity contribution in [3.63, 3.8) is 0 Å². The van der Waals surface area contributed by atoms with Gasteiger partial charge in [0, 0.05) is 0 Å². The Morgan fingerprint density at radius 1 is 0.704 bits per heavy atom. The zero-order valence-corrected chi connectivity index (χ0v) is 16.4. The van der Waals surface area contributed by atoms with Crippen LogP contribution in [0.25, 0.3) is 0 Å². The zero-order valence-electron chi connectivity index (χ0n) is 15.6. The van der Waals surface area contributed by atoms with Gasteiger partial charge in [0.25, 0.3) is 0 Å². The maximum Gasteiger partial charge on any atom is 0.208 e. The summed E-state index contributed by atoms with van der Waals surface area (Å²) in [5, 5.41) is 8.32. The van der Waals surface area contributed by atoms with Crippen molar-refractivity contribution >= 4 is 21.2 Å². The van der Waals surface area contributed by atoms with Gasteiger partial charge in [0.05, 0.1) is 15.5 Å². The molecule has 0 aliphatic rings. The molecule has 4 nitrogen and oxygen atoms in total. The number of benzene rings is 3. The fraction of sp³-hybridized carbons (Fsp3) is 0.182. The van der Waals surface area contributed by atoms with Gasteiger partial charge in [-0.15, -0.1) is 5.11 Å². The molecule has 0 saturated carbocycles. The van der Waals surface area contributed by atoms with Gasteiger partial charge in [0.1, 0.15) is 5.69 Å². The van der Waals surface area contributed by atoms with E-state index in [1.165, 1.54) is 0 Å². The average Bonchev–Trinajstić information content (AvgIpc) is 2.67. The molecular formula is C22H22N2O2S. The number of azo groups is 1. The largest absolute Gasteiger partial charge is 0.218 e. The molecule has 0 radical (unpaired) electrons. The standard InChI is InChI=1S/C22H22N2O2S/c1-22(2,3)17-13-15-19(16-14-17)27(25,26)21-12-8-7-11-20(21)24-23-18-9-5-4-6-10-18/h4-16H,1-3H3. The molecular weight excluding hydrogens is 356 g/mol. The van der Waals surface area contributed by atoms with E-state index in [0.717, 1.165) is 5.56 Å². The molecule has 3 rings (SSSR count). The van der Waals surface area contributed by atoms with Crippen LogP contribution in [-0.2, 0) is 15.3 Å². The van der Waals surface area contributed by atoms with Crippen LogP contribution in [0.2, 0.25) is 0 Å². The van der Waals surface area contributed by atoms with E-state index < -0.39 is 9.84 Å². The van der Waals surface area contributed by atoms with Crippen LogP contribution in [0.1, 0.15) is 26.3 Å². The van der Waals surface area contributed by atoms with Crippen LogP contribution in [-0.4, -0.2) is 8.42 Å². The molecule has 0 heterocycles. The molecule has 27 heavy (non-hydrogen) atoms. The Bertz CT molecular complexity index is 1050. The Kier molecular flexibility index (Phi) is 5.24. The highest BCUT2D eigenvalue weighted by atomic mass is 32.2. The van der Waals surface area contributed by atoms with Crippen molar-refractivity contribution < 1.29 is 8.42 Å². The Morgan fingerprint density at radius 3 is 1.93 bits per heavy atom. The van der Waals surface area contributed by atoms with Crippen molar-refractivity contribution in [3.05, 3.63) is 84.4 Å². The first kappa shape index (κ1) is 19.0. The lowest BCUT2D eigenvalue weighted by Gasteiger charge is -2.19. The second kappa shape index (κ2) is 7.45. The Hall–Kier alpha value is -2.79. The molecule has 5 heteroatoms. The van der Waals surface area contributed by atoms with E-state index >= 15 is 0 Å². The molecule has 0 aliphatic carbocycles. The SMILES string of the molecule is CC(C)(C)c1ccc(S(=O)(=O)c2ccccc2N=Nc2ccccc2)cc1. The summed E-state index contributed by atoms with van der Waals surface area (Å²) in [6, 6.07) is 22.9. The summed E-state index contributed by atoms with van der Waals surface area (Å²) >= 11 is 0. The van der Waals surface area contributed by atoms with Crippen molar-refractivity contribution in [1.82, 2.24) is 0 Å². The van der Waals surface area contributed by atoms with Gasteiger partial charge in [-0.05, 0) is 47.4 Å². The van der Waals surface area contributed by atoms with Crippen LogP contribution in [0.15, 0.2) is 98.9 Å². The Labute approximate surface area is 160 Å². The lowest BCUT2D eigenvalue weighted by atomic mass is 9.87. The molecule has 0 atom stereocenters. The van der Waals surface area contributed by atoms with Crippen LogP contribution in [0.3, 0.4) is 0 Å². The molecule has 3 aromatic rings. The number of nitrogens with zero attached hydrogens (tertiary/aromatic N) is 2. The molecule has 0 saturated heterocycles. The summed E-state index contributed by atoms with van der Waals surface area (Å²) in [6.45, 7) is 6.28. The predicted molar refractivity (Wildman–Crippen MR) is 108 cm³/mol. The minimum atomic E-state index is -3.69. The fourth-order valence-corrected chi connectivity index (χ4v) is 4.02. The van der Waals surface area contributed by atoms with Gasteiger partial charge < -0.3 is 0 Å². The molecule has 3 aromatic carbocycles. The summed E-state index contributed by atoms with van der Waals surface area (Å²) in [4.78, 5) is 0.394. The molecule has 0 aromatic heterocycles. The molecule has 0 unspecified atom stereocenters. The number of hydrogen-bond donors (Lipinski definition) is 0. The second-order valence-corrected chi connectivity index (χ2v) is 9.20. The average molecular weight is 378 g/mol. The van der Waals surface area contributed by atoms with Gasteiger partial charge in [-0.2, -0.15) is 5.11 Å². The predicted octanol–water partition coefficient (Wildman–Crippen LogP) is 6.23. The summed E-state index contributed by atoms with van der Waals surface area (Å²) in [7, 11) is -3.69. The first-order chi connectivity index (χ1) is 12.8. The van der Waals surface area contributed by atoms with Crippen molar-refractivity contribution in [2.75, 3.05) is 0 Å². The number of sulfone groups is 1. The van der Waals surface area contributed by atoms with E-state index in [4.69, 9.17) is 0 Å². The van der Waals surface area contributed by atoms with Gasteiger partial charge in [0.15, 0.2) is 0 Å². The van der Waals surface area contributed by atoms with Gasteiger partial charge in [-0.3, -0.25) is 0 Å². The topological polar surface area (TPSA) is 58.9 Å². The summed E-state index contributed by atoms with van der Waals surface area (Å²) in [5.74, 6) is 0. The van der Waals surface area contributed by atoms with Gasteiger partial charge in [-0.25, -0.2) is 8.42 Å². The van der Waals surface area contributed by atoms with Gasteiger partial charge >= 0.3 is 0 Å². The molecule has 138 valence electrons. The summed E-state index contributed by atoms with van der Waals surface area (Å²) in [6.07, 6.45) is 0. The molecule has 0 bridgehead atoms. The Morgan fingerprint density at radius 2 is 1.30 bits per heavy atom. The molecule has 0 amide bonds. The van der Waals surface area contributed by atoms with Crippen LogP contribution >= 0.6 is 0 Å². The van der Waals surface area contributed by atoms with Crippen molar-refractivity contribution in [2.24, 2.45) is 10.2 Å². The van der Waals surface area contributed by atoms with Crippen LogP contribution in [0, 0.1) is 0 Å². The van der Waals surface area contributed by atoms with E-state index in [1.807, 2.05) is 42.5 Å². The quantitative estimate of drug-likeness (QED) is 0.505. The lowest BCUT2D eigenvalue weighted by Crippen LogP contribution is -2.11. The molecule has 0 fully saturated rings. The normalized spacial score (nSPS) is 12.4. The third-order valence-corrected chi connectivity index (χ3v) is 6.03. The van der Waals surface area contributed by atoms with E-state index in [-0.39, 0.29) is 15.2 Å². The van der Waals surface area contributed by atoms with Crippen LogP contribution in [0.5, 0.6) is 0 Å². The van der Waals surface area contributed by atoms with Crippen molar-refractivity contribution in [2.45, 2.75) is 36.0 Å². The molecule has 0 spiro atoms. The maximum atomic E-state index is 13.1. The molecule has 0 N–H and O–H groups in total. The van der Waals surface area contributed by atoms with E-state index in [0.29, 0.717) is 11.4 Å². The van der Waals surface area contributed by atoms with Crippen molar-refractivity contribution in [1.29, 1.82) is 0 Å². The zero-order chi connectivity index (χ0) is 19.5. The van der Waals surface area contributed by atoms with E-state index in [1.54, 1.807) is 36.4 Å². The summed E-state index contributed by atoms with van der Waals surface area (Å²) < 4.78 is 26.3. The smallest absolute Gasteiger partial charge is 0.208 e. The third kappa shape index (κ3) is 4.31. The highest BCUT2D eigenvalue weighted by Crippen LogP contribution is 2.32. The minimum absolute atomic E-state index is 0.0376. The van der Waals surface area contributed by atoms with Crippen LogP contribution < -0.4 is 0 Å².